The van der Waals surface area contributed by atoms with Crippen LogP contribution in [0.15, 0.2) is 53.0 Å². The first kappa shape index (κ1) is 21.5. The van der Waals surface area contributed by atoms with Crippen LogP contribution in [0.1, 0.15) is 30.4 Å². The molecule has 29 heavy (non-hydrogen) atoms. The molecule has 1 aliphatic rings. The van der Waals surface area contributed by atoms with Crippen molar-refractivity contribution in [3.05, 3.63) is 69.9 Å². The van der Waals surface area contributed by atoms with Crippen molar-refractivity contribution < 1.29 is 14.0 Å². The molecule has 3 rings (SSSR count). The Morgan fingerprint density at radius 3 is 2.66 bits per heavy atom. The number of carbonyl (C=O) groups is 2. The molecule has 154 valence electrons. The van der Waals surface area contributed by atoms with Crippen molar-refractivity contribution in [2.75, 3.05) is 6.54 Å². The SMILES string of the molecule is N[C@@H](CC(=O)N1CCC[C@H]1C(=O)NCc1ccc(Br)cc1)Cc1ccccc1F. The van der Waals surface area contributed by atoms with Crippen molar-refractivity contribution in [2.24, 2.45) is 5.73 Å². The highest BCUT2D eigenvalue weighted by atomic mass is 79.9. The topological polar surface area (TPSA) is 75.4 Å². The molecule has 0 aromatic heterocycles. The summed E-state index contributed by atoms with van der Waals surface area (Å²) in [5.74, 6) is -0.627. The molecular formula is C22H25BrFN3O2. The standard InChI is InChI=1S/C22H25BrFN3O2/c23-17-9-7-15(8-10-17)14-26-22(29)20-6-3-11-27(20)21(28)13-18(25)12-16-4-1-2-5-19(16)24/h1-2,4-5,7-10,18,20H,3,6,11-14,25H2,(H,26,29)/t18-,20+/m1/s1. The van der Waals surface area contributed by atoms with Crippen LogP contribution in [-0.2, 0) is 22.6 Å². The molecule has 0 unspecified atom stereocenters. The first-order valence-corrected chi connectivity index (χ1v) is 10.5. The van der Waals surface area contributed by atoms with Gasteiger partial charge in [0.25, 0.3) is 0 Å². The van der Waals surface area contributed by atoms with Gasteiger partial charge in [-0.15, -0.1) is 0 Å². The molecule has 5 nitrogen and oxygen atoms in total. The highest BCUT2D eigenvalue weighted by Gasteiger charge is 2.34. The van der Waals surface area contributed by atoms with E-state index in [1.165, 1.54) is 6.07 Å². The molecule has 7 heteroatoms. The zero-order chi connectivity index (χ0) is 20.8. The van der Waals surface area contributed by atoms with Gasteiger partial charge in [0.2, 0.25) is 11.8 Å². The number of likely N-dealkylation sites (tertiary alicyclic amines) is 1. The summed E-state index contributed by atoms with van der Waals surface area (Å²) in [6.07, 6.45) is 1.79. The summed E-state index contributed by atoms with van der Waals surface area (Å²) in [5.41, 5.74) is 7.58. The van der Waals surface area contributed by atoms with E-state index in [1.54, 1.807) is 23.1 Å². The number of amides is 2. The molecule has 2 aromatic rings. The molecule has 0 spiro atoms. The maximum Gasteiger partial charge on any atom is 0.243 e. The van der Waals surface area contributed by atoms with Gasteiger partial charge in [0.1, 0.15) is 11.9 Å². The maximum atomic E-state index is 13.8. The fourth-order valence-corrected chi connectivity index (χ4v) is 3.87. The van der Waals surface area contributed by atoms with Gasteiger partial charge >= 0.3 is 0 Å². The Morgan fingerprint density at radius 1 is 1.21 bits per heavy atom. The first-order valence-electron chi connectivity index (χ1n) is 9.74. The number of rotatable bonds is 7. The highest BCUT2D eigenvalue weighted by molar-refractivity contribution is 9.10. The average molecular weight is 462 g/mol. The van der Waals surface area contributed by atoms with E-state index in [1.807, 2.05) is 24.3 Å². The summed E-state index contributed by atoms with van der Waals surface area (Å²) in [6.45, 7) is 0.957. The fraction of sp³-hybridized carbons (Fsp3) is 0.364. The second-order valence-corrected chi connectivity index (χ2v) is 8.26. The molecule has 1 saturated heterocycles. The Morgan fingerprint density at radius 2 is 1.93 bits per heavy atom. The highest BCUT2D eigenvalue weighted by Crippen LogP contribution is 2.20. The fourth-order valence-electron chi connectivity index (χ4n) is 3.61. The van der Waals surface area contributed by atoms with Gasteiger partial charge in [0.15, 0.2) is 0 Å². The van der Waals surface area contributed by atoms with Crippen molar-refractivity contribution >= 4 is 27.7 Å². The number of hydrogen-bond acceptors (Lipinski definition) is 3. The summed E-state index contributed by atoms with van der Waals surface area (Å²) in [7, 11) is 0. The number of nitrogens with zero attached hydrogens (tertiary/aromatic N) is 1. The molecule has 1 fully saturated rings. The Balaban J connectivity index is 1.53. The molecule has 0 saturated carbocycles. The van der Waals surface area contributed by atoms with Crippen LogP contribution >= 0.6 is 15.9 Å². The zero-order valence-electron chi connectivity index (χ0n) is 16.1. The lowest BCUT2D eigenvalue weighted by Crippen LogP contribution is -2.47. The van der Waals surface area contributed by atoms with E-state index in [0.717, 1.165) is 16.5 Å². The van der Waals surface area contributed by atoms with Gasteiger partial charge in [0, 0.05) is 30.0 Å². The van der Waals surface area contributed by atoms with Gasteiger partial charge in [-0.2, -0.15) is 0 Å². The third-order valence-electron chi connectivity index (χ3n) is 5.13. The molecule has 2 amide bonds. The average Bonchev–Trinajstić information content (AvgIpc) is 3.19. The summed E-state index contributed by atoms with van der Waals surface area (Å²) in [4.78, 5) is 27.0. The predicted molar refractivity (Wildman–Crippen MR) is 113 cm³/mol. The van der Waals surface area contributed by atoms with Crippen molar-refractivity contribution in [3.63, 3.8) is 0 Å². The van der Waals surface area contributed by atoms with Crippen LogP contribution in [0.4, 0.5) is 4.39 Å². The number of hydrogen-bond donors (Lipinski definition) is 2. The smallest absolute Gasteiger partial charge is 0.243 e. The second kappa shape index (κ2) is 9.98. The lowest BCUT2D eigenvalue weighted by atomic mass is 10.0. The largest absolute Gasteiger partial charge is 0.350 e. The van der Waals surface area contributed by atoms with E-state index < -0.39 is 12.1 Å². The van der Waals surface area contributed by atoms with Gasteiger partial charge in [-0.05, 0) is 48.6 Å². The summed E-state index contributed by atoms with van der Waals surface area (Å²) in [6, 6.07) is 13.2. The molecule has 1 aliphatic heterocycles. The Bertz CT molecular complexity index is 859. The van der Waals surface area contributed by atoms with Crippen molar-refractivity contribution in [3.8, 4) is 0 Å². The van der Waals surface area contributed by atoms with Crippen LogP contribution in [0.3, 0.4) is 0 Å². The first-order chi connectivity index (χ1) is 13.9. The predicted octanol–water partition coefficient (Wildman–Crippen LogP) is 3.16. The lowest BCUT2D eigenvalue weighted by molar-refractivity contribution is -0.138. The van der Waals surface area contributed by atoms with Crippen LogP contribution in [0.25, 0.3) is 0 Å². The van der Waals surface area contributed by atoms with Gasteiger partial charge in [-0.1, -0.05) is 46.3 Å². The van der Waals surface area contributed by atoms with E-state index in [4.69, 9.17) is 5.73 Å². The number of carbonyl (C=O) groups excluding carboxylic acids is 2. The van der Waals surface area contributed by atoms with Crippen LogP contribution in [0.2, 0.25) is 0 Å². The molecule has 0 radical (unpaired) electrons. The number of nitrogens with one attached hydrogen (secondary N) is 1. The molecular weight excluding hydrogens is 437 g/mol. The number of benzene rings is 2. The van der Waals surface area contributed by atoms with Crippen molar-refractivity contribution in [1.82, 2.24) is 10.2 Å². The molecule has 3 N–H and O–H groups in total. The van der Waals surface area contributed by atoms with Crippen LogP contribution in [-0.4, -0.2) is 35.3 Å². The molecule has 2 aromatic carbocycles. The van der Waals surface area contributed by atoms with Crippen LogP contribution in [0, 0.1) is 5.82 Å². The van der Waals surface area contributed by atoms with Gasteiger partial charge in [-0.25, -0.2) is 4.39 Å². The Kier molecular flexibility index (Phi) is 7.39. The minimum atomic E-state index is -0.494. The zero-order valence-corrected chi connectivity index (χ0v) is 17.7. The van der Waals surface area contributed by atoms with E-state index in [0.29, 0.717) is 25.1 Å². The van der Waals surface area contributed by atoms with Crippen molar-refractivity contribution in [2.45, 2.75) is 44.3 Å². The van der Waals surface area contributed by atoms with E-state index in [-0.39, 0.29) is 30.5 Å². The van der Waals surface area contributed by atoms with Gasteiger partial charge < -0.3 is 16.0 Å². The molecule has 1 heterocycles. The number of nitrogens with two attached hydrogens (primary N) is 1. The van der Waals surface area contributed by atoms with Crippen molar-refractivity contribution in [1.29, 1.82) is 0 Å². The minimum absolute atomic E-state index is 0.0881. The monoisotopic (exact) mass is 461 g/mol. The summed E-state index contributed by atoms with van der Waals surface area (Å²) < 4.78 is 14.8. The summed E-state index contributed by atoms with van der Waals surface area (Å²) >= 11 is 3.38. The normalized spacial score (nSPS) is 17.2. The van der Waals surface area contributed by atoms with E-state index in [9.17, 15) is 14.0 Å². The minimum Gasteiger partial charge on any atom is -0.350 e. The van der Waals surface area contributed by atoms with Crippen LogP contribution in [0.5, 0.6) is 0 Å². The van der Waals surface area contributed by atoms with Crippen LogP contribution < -0.4 is 11.1 Å². The number of halogens is 2. The van der Waals surface area contributed by atoms with E-state index in [2.05, 4.69) is 21.2 Å². The second-order valence-electron chi connectivity index (χ2n) is 7.35. The molecule has 0 aliphatic carbocycles. The molecule has 2 atom stereocenters. The van der Waals surface area contributed by atoms with Gasteiger partial charge in [-0.3, -0.25) is 9.59 Å². The maximum absolute atomic E-state index is 13.8. The lowest BCUT2D eigenvalue weighted by Gasteiger charge is -2.25. The third kappa shape index (κ3) is 5.87. The Labute approximate surface area is 178 Å². The summed E-state index contributed by atoms with van der Waals surface area (Å²) in [5, 5.41) is 2.92. The third-order valence-corrected chi connectivity index (χ3v) is 5.66. The van der Waals surface area contributed by atoms with Gasteiger partial charge in [0.05, 0.1) is 0 Å². The Hall–Kier alpha value is -2.25. The molecule has 0 bridgehead atoms. The van der Waals surface area contributed by atoms with E-state index >= 15 is 0 Å². The quantitative estimate of drug-likeness (QED) is 0.664.